The number of halogens is 1. The van der Waals surface area contributed by atoms with E-state index in [0.29, 0.717) is 5.56 Å². The van der Waals surface area contributed by atoms with E-state index in [2.05, 4.69) is 4.98 Å². The molecule has 1 atom stereocenters. The molecule has 1 aromatic carbocycles. The highest BCUT2D eigenvalue weighted by atomic mass is 35.5. The van der Waals surface area contributed by atoms with Crippen molar-refractivity contribution in [1.29, 1.82) is 0 Å². The standard InChI is InChI=1S/C13H14N2O3.ClH/c1-7-2-3-11-8(4-7)5-9(12(16)15-11)6-10(14)13(17)18;/h2-5,10H,6,14H2,1H3,(H,15,16)(H,17,18);1H/t10-;/m0./s1. The molecule has 0 amide bonds. The molecule has 4 N–H and O–H groups in total. The smallest absolute Gasteiger partial charge is 0.320 e. The van der Waals surface area contributed by atoms with Crippen molar-refractivity contribution in [3.8, 4) is 0 Å². The van der Waals surface area contributed by atoms with E-state index in [1.807, 2.05) is 25.1 Å². The van der Waals surface area contributed by atoms with E-state index in [4.69, 9.17) is 10.8 Å². The van der Waals surface area contributed by atoms with Crippen LogP contribution in [-0.4, -0.2) is 22.1 Å². The number of aromatic amines is 1. The largest absolute Gasteiger partial charge is 0.480 e. The summed E-state index contributed by atoms with van der Waals surface area (Å²) in [4.78, 5) is 25.2. The number of aromatic nitrogens is 1. The van der Waals surface area contributed by atoms with Crippen molar-refractivity contribution >= 4 is 29.3 Å². The van der Waals surface area contributed by atoms with Crippen molar-refractivity contribution < 1.29 is 9.90 Å². The Labute approximate surface area is 115 Å². The minimum atomic E-state index is -1.11. The van der Waals surface area contributed by atoms with E-state index in [1.165, 1.54) is 0 Å². The molecule has 6 heteroatoms. The summed E-state index contributed by atoms with van der Waals surface area (Å²) in [5.41, 5.74) is 7.35. The molecule has 19 heavy (non-hydrogen) atoms. The second-order valence-electron chi connectivity index (χ2n) is 4.36. The lowest BCUT2D eigenvalue weighted by atomic mass is 10.0. The SMILES string of the molecule is Cc1ccc2[nH]c(=O)c(C[C@H](N)C(=O)O)cc2c1.Cl. The first-order valence-corrected chi connectivity index (χ1v) is 5.58. The molecule has 0 bridgehead atoms. The number of aliphatic carboxylic acids is 1. The highest BCUT2D eigenvalue weighted by molar-refractivity contribution is 5.85. The molecule has 0 radical (unpaired) electrons. The van der Waals surface area contributed by atoms with Gasteiger partial charge in [0.25, 0.3) is 5.56 Å². The molecule has 1 aromatic heterocycles. The van der Waals surface area contributed by atoms with Crippen molar-refractivity contribution in [2.45, 2.75) is 19.4 Å². The summed E-state index contributed by atoms with van der Waals surface area (Å²) in [6.07, 6.45) is 0.0224. The van der Waals surface area contributed by atoms with Crippen LogP contribution in [0.5, 0.6) is 0 Å². The molecule has 0 spiro atoms. The number of rotatable bonds is 3. The van der Waals surface area contributed by atoms with Crippen LogP contribution in [0.15, 0.2) is 29.1 Å². The van der Waals surface area contributed by atoms with Gasteiger partial charge in [0.05, 0.1) is 0 Å². The van der Waals surface area contributed by atoms with Crippen LogP contribution in [0.1, 0.15) is 11.1 Å². The zero-order valence-electron chi connectivity index (χ0n) is 10.3. The van der Waals surface area contributed by atoms with Crippen LogP contribution in [-0.2, 0) is 11.2 Å². The van der Waals surface area contributed by atoms with Gasteiger partial charge in [-0.05, 0) is 30.5 Å². The average Bonchev–Trinajstić information content (AvgIpc) is 2.30. The van der Waals surface area contributed by atoms with Crippen molar-refractivity contribution in [3.05, 3.63) is 45.7 Å². The predicted octanol–water partition coefficient (Wildman–Crippen LogP) is 1.21. The molecule has 0 aliphatic heterocycles. The Kier molecular flexibility index (Phi) is 4.69. The molecule has 5 nitrogen and oxygen atoms in total. The number of carbonyl (C=O) groups is 1. The molecule has 0 unspecified atom stereocenters. The van der Waals surface area contributed by atoms with E-state index in [0.717, 1.165) is 16.5 Å². The quantitative estimate of drug-likeness (QED) is 0.788. The van der Waals surface area contributed by atoms with Gasteiger partial charge in [-0.3, -0.25) is 9.59 Å². The van der Waals surface area contributed by atoms with Gasteiger partial charge in [0, 0.05) is 17.5 Å². The van der Waals surface area contributed by atoms with Crippen LogP contribution >= 0.6 is 12.4 Å². The molecule has 0 saturated heterocycles. The summed E-state index contributed by atoms with van der Waals surface area (Å²) >= 11 is 0. The Bertz CT molecular complexity index is 666. The molecular weight excluding hydrogens is 268 g/mol. The first-order valence-electron chi connectivity index (χ1n) is 5.58. The molecule has 0 fully saturated rings. The topological polar surface area (TPSA) is 96.2 Å². The Hall–Kier alpha value is -1.85. The molecule has 0 saturated carbocycles. The zero-order valence-corrected chi connectivity index (χ0v) is 11.2. The third-order valence-corrected chi connectivity index (χ3v) is 2.83. The Morgan fingerprint density at radius 3 is 2.74 bits per heavy atom. The Morgan fingerprint density at radius 2 is 2.11 bits per heavy atom. The van der Waals surface area contributed by atoms with Gasteiger partial charge in [-0.15, -0.1) is 12.4 Å². The maximum atomic E-state index is 11.8. The van der Waals surface area contributed by atoms with Gasteiger partial charge in [-0.25, -0.2) is 0 Å². The maximum Gasteiger partial charge on any atom is 0.320 e. The van der Waals surface area contributed by atoms with Crippen molar-refractivity contribution in [2.75, 3.05) is 0 Å². The van der Waals surface area contributed by atoms with Gasteiger partial charge in [0.1, 0.15) is 6.04 Å². The van der Waals surface area contributed by atoms with Crippen LogP contribution in [0.2, 0.25) is 0 Å². The molecule has 0 aliphatic rings. The van der Waals surface area contributed by atoms with Gasteiger partial charge in [-0.2, -0.15) is 0 Å². The van der Waals surface area contributed by atoms with Gasteiger partial charge >= 0.3 is 5.97 Å². The number of H-pyrrole nitrogens is 1. The van der Waals surface area contributed by atoms with Crippen LogP contribution < -0.4 is 11.3 Å². The normalized spacial score (nSPS) is 11.9. The second kappa shape index (κ2) is 5.86. The number of hydrogen-bond donors (Lipinski definition) is 3. The Balaban J connectivity index is 0.00000180. The van der Waals surface area contributed by atoms with Gasteiger partial charge in [-0.1, -0.05) is 11.6 Å². The van der Waals surface area contributed by atoms with Crippen molar-refractivity contribution in [3.63, 3.8) is 0 Å². The Morgan fingerprint density at radius 1 is 1.42 bits per heavy atom. The summed E-state index contributed by atoms with van der Waals surface area (Å²) in [5.74, 6) is -1.11. The molecular formula is C13H15ClN2O3. The summed E-state index contributed by atoms with van der Waals surface area (Å²) in [6, 6.07) is 6.30. The number of nitrogens with two attached hydrogens (primary N) is 1. The average molecular weight is 283 g/mol. The number of carboxylic acids is 1. The number of hydrogen-bond acceptors (Lipinski definition) is 3. The van der Waals surface area contributed by atoms with Crippen LogP contribution in [0.25, 0.3) is 10.9 Å². The molecule has 2 rings (SSSR count). The fourth-order valence-corrected chi connectivity index (χ4v) is 1.85. The number of aryl methyl sites for hydroxylation is 1. The monoisotopic (exact) mass is 282 g/mol. The fourth-order valence-electron chi connectivity index (χ4n) is 1.85. The lowest BCUT2D eigenvalue weighted by Crippen LogP contribution is -2.34. The first kappa shape index (κ1) is 15.2. The minimum Gasteiger partial charge on any atom is -0.480 e. The van der Waals surface area contributed by atoms with Crippen LogP contribution in [0.4, 0.5) is 0 Å². The van der Waals surface area contributed by atoms with E-state index in [9.17, 15) is 9.59 Å². The maximum absolute atomic E-state index is 11.8. The number of nitrogens with one attached hydrogen (secondary N) is 1. The summed E-state index contributed by atoms with van der Waals surface area (Å²) < 4.78 is 0. The van der Waals surface area contributed by atoms with Gasteiger partial charge < -0.3 is 15.8 Å². The second-order valence-corrected chi connectivity index (χ2v) is 4.36. The zero-order chi connectivity index (χ0) is 13.3. The molecule has 1 heterocycles. The predicted molar refractivity (Wildman–Crippen MR) is 75.9 cm³/mol. The molecule has 2 aromatic rings. The molecule has 0 aliphatic carbocycles. The van der Waals surface area contributed by atoms with Crippen LogP contribution in [0, 0.1) is 6.92 Å². The fraction of sp³-hybridized carbons (Fsp3) is 0.231. The van der Waals surface area contributed by atoms with Gasteiger partial charge in [0.15, 0.2) is 0 Å². The third kappa shape index (κ3) is 3.33. The molecule has 102 valence electrons. The minimum absolute atomic E-state index is 0. The van der Waals surface area contributed by atoms with Crippen molar-refractivity contribution in [2.24, 2.45) is 5.73 Å². The highest BCUT2D eigenvalue weighted by Gasteiger charge is 2.14. The van der Waals surface area contributed by atoms with E-state index >= 15 is 0 Å². The number of fused-ring (bicyclic) bond motifs is 1. The highest BCUT2D eigenvalue weighted by Crippen LogP contribution is 2.13. The van der Waals surface area contributed by atoms with Gasteiger partial charge in [0.2, 0.25) is 0 Å². The van der Waals surface area contributed by atoms with Crippen molar-refractivity contribution in [1.82, 2.24) is 4.98 Å². The number of carboxylic acid groups (broad SMARTS) is 1. The number of benzene rings is 1. The summed E-state index contributed by atoms with van der Waals surface area (Å²) in [7, 11) is 0. The van der Waals surface area contributed by atoms with E-state index < -0.39 is 12.0 Å². The third-order valence-electron chi connectivity index (χ3n) is 2.83. The van der Waals surface area contributed by atoms with E-state index in [-0.39, 0.29) is 24.4 Å². The van der Waals surface area contributed by atoms with E-state index in [1.54, 1.807) is 6.07 Å². The summed E-state index contributed by atoms with van der Waals surface area (Å²) in [5, 5.41) is 9.63. The van der Waals surface area contributed by atoms with Crippen LogP contribution in [0.3, 0.4) is 0 Å². The summed E-state index contributed by atoms with van der Waals surface area (Å²) in [6.45, 7) is 1.95. The lowest BCUT2D eigenvalue weighted by molar-refractivity contribution is -0.138. The lowest BCUT2D eigenvalue weighted by Gasteiger charge is -2.07. The first-order chi connectivity index (χ1) is 8.47. The number of pyridine rings is 1.